The number of nitrogens with zero attached hydrogens (tertiary/aromatic N) is 1. The van der Waals surface area contributed by atoms with Crippen LogP contribution in [0.4, 0.5) is 0 Å². The zero-order valence-corrected chi connectivity index (χ0v) is 29.6. The molecule has 0 amide bonds. The van der Waals surface area contributed by atoms with Gasteiger partial charge in [-0.1, -0.05) is 33.1 Å². The van der Waals surface area contributed by atoms with E-state index in [1.165, 1.54) is 0 Å². The SMILES string of the molecule is CC(C)[C@H](N)C(=O)O.NC(N)=NCCC[C@H](N)C(=O)O.NCCCC[C@H](N)C(=O)O.NCCCC[C@H](N)C(=O)O.NCCCC[C@H](N)C(=O)O. The Bertz CT molecular complexity index is 849. The maximum absolute atomic E-state index is 10.2. The summed E-state index contributed by atoms with van der Waals surface area (Å²) in [6.07, 6.45) is 7.45. The molecule has 0 aliphatic carbocycles. The molecule has 0 bridgehead atoms. The maximum Gasteiger partial charge on any atom is 0.320 e. The molecule has 0 radical (unpaired) electrons. The molecule has 0 aliphatic rings. The second-order valence-corrected chi connectivity index (χ2v) is 11.2. The lowest BCUT2D eigenvalue weighted by Crippen LogP contribution is -2.34. The molecule has 0 aromatic heterocycles. The molecule has 0 fully saturated rings. The maximum atomic E-state index is 10.2. The van der Waals surface area contributed by atoms with Crippen LogP contribution in [-0.2, 0) is 24.0 Å². The number of aliphatic carboxylic acids is 5. The van der Waals surface area contributed by atoms with Crippen LogP contribution in [0.25, 0.3) is 0 Å². The summed E-state index contributed by atoms with van der Waals surface area (Å²) >= 11 is 0. The number of aliphatic imine (C=N–C) groups is 1. The van der Waals surface area contributed by atoms with Gasteiger partial charge in [-0.05, 0) is 76.9 Å². The number of guanidine groups is 1. The van der Waals surface area contributed by atoms with E-state index in [-0.39, 0.29) is 11.9 Å². The van der Waals surface area contributed by atoms with Crippen LogP contribution in [-0.4, -0.2) is 118 Å². The summed E-state index contributed by atoms with van der Waals surface area (Å²) in [5.74, 6) is -4.70. The third-order valence-electron chi connectivity index (χ3n) is 6.15. The van der Waals surface area contributed by atoms with Crippen molar-refractivity contribution < 1.29 is 49.5 Å². The van der Waals surface area contributed by atoms with Crippen LogP contribution >= 0.6 is 0 Å². The smallest absolute Gasteiger partial charge is 0.320 e. The molecule has 50 heavy (non-hydrogen) atoms. The number of carboxylic acid groups (broad SMARTS) is 5. The molecular formula is C29H67N11O10. The van der Waals surface area contributed by atoms with Crippen LogP contribution in [0.15, 0.2) is 4.99 Å². The summed E-state index contributed by atoms with van der Waals surface area (Å²) < 4.78 is 0. The summed E-state index contributed by atoms with van der Waals surface area (Å²) in [6.45, 7) is 5.78. The lowest BCUT2D eigenvalue weighted by atomic mass is 10.1. The van der Waals surface area contributed by atoms with E-state index in [9.17, 15) is 24.0 Å². The highest BCUT2D eigenvalue weighted by Crippen LogP contribution is 1.99. The molecule has 0 saturated carbocycles. The van der Waals surface area contributed by atoms with Crippen LogP contribution in [0.1, 0.15) is 84.5 Å². The van der Waals surface area contributed by atoms with Crippen molar-refractivity contribution in [2.75, 3.05) is 26.2 Å². The standard InChI is InChI=1S/C6H14N4O2.3C6H14N2O2.C5H11NO2/c7-4(5(11)12)2-1-3-10-6(8)9;3*7-4-2-1-3-5(8)6(9)10;1-3(2)4(6)5(7)8/h4H,1-3,7H2,(H,11,12)(H4,8,9,10);3*5H,1-4,7-8H2,(H,9,10);3-4H,6H2,1-2H3,(H,7,8)/t4-;3*5-;4-/m00000/s1. The van der Waals surface area contributed by atoms with E-state index in [1.54, 1.807) is 13.8 Å². The predicted molar refractivity (Wildman–Crippen MR) is 192 cm³/mol. The molecule has 5 atom stereocenters. The van der Waals surface area contributed by atoms with Crippen LogP contribution in [0, 0.1) is 5.92 Å². The van der Waals surface area contributed by atoms with Gasteiger partial charge in [-0.25, -0.2) is 0 Å². The molecule has 298 valence electrons. The number of nitrogens with two attached hydrogens (primary N) is 10. The fourth-order valence-electron chi connectivity index (χ4n) is 2.82. The van der Waals surface area contributed by atoms with Crippen molar-refractivity contribution in [3.05, 3.63) is 0 Å². The van der Waals surface area contributed by atoms with Gasteiger partial charge < -0.3 is 82.9 Å². The predicted octanol–water partition coefficient (Wildman–Crippen LogP) is -2.91. The number of carbonyl (C=O) groups is 5. The number of hydrogen-bond donors (Lipinski definition) is 15. The Morgan fingerprint density at radius 1 is 0.480 bits per heavy atom. The highest BCUT2D eigenvalue weighted by atomic mass is 16.4. The topological polar surface area (TPSA) is 459 Å². The first-order valence-electron chi connectivity index (χ1n) is 16.2. The molecule has 0 spiro atoms. The van der Waals surface area contributed by atoms with Gasteiger partial charge in [0.2, 0.25) is 0 Å². The van der Waals surface area contributed by atoms with Gasteiger partial charge >= 0.3 is 29.8 Å². The average molecular weight is 730 g/mol. The Balaban J connectivity index is -0.000000170. The minimum Gasteiger partial charge on any atom is -0.480 e. The lowest BCUT2D eigenvalue weighted by Gasteiger charge is -2.07. The molecule has 0 aromatic carbocycles. The third kappa shape index (κ3) is 46.4. The zero-order valence-electron chi connectivity index (χ0n) is 29.6. The zero-order chi connectivity index (χ0) is 40.2. The summed E-state index contributed by atoms with van der Waals surface area (Å²) in [5.41, 5.74) is 51.7. The van der Waals surface area contributed by atoms with Crippen LogP contribution in [0.2, 0.25) is 0 Å². The van der Waals surface area contributed by atoms with Crippen LogP contribution in [0.3, 0.4) is 0 Å². The van der Waals surface area contributed by atoms with Crippen molar-refractivity contribution >= 4 is 35.8 Å². The first kappa shape index (κ1) is 55.7. The first-order chi connectivity index (χ1) is 23.1. The minimum absolute atomic E-state index is 0.0129. The average Bonchev–Trinajstić information content (AvgIpc) is 3.03. The quantitative estimate of drug-likeness (QED) is 0.0301. The minimum atomic E-state index is -1.00. The number of unbranched alkanes of at least 4 members (excludes halogenated alkanes) is 3. The molecule has 0 heterocycles. The van der Waals surface area contributed by atoms with Crippen LogP contribution in [0.5, 0.6) is 0 Å². The van der Waals surface area contributed by atoms with Gasteiger partial charge in [0, 0.05) is 6.54 Å². The highest BCUT2D eigenvalue weighted by Gasteiger charge is 2.14. The largest absolute Gasteiger partial charge is 0.480 e. The Morgan fingerprint density at radius 2 is 0.740 bits per heavy atom. The number of hydrogen-bond acceptors (Lipinski definition) is 14. The van der Waals surface area contributed by atoms with Crippen molar-refractivity contribution in [2.24, 2.45) is 68.2 Å². The molecule has 0 unspecified atom stereocenters. The normalized spacial score (nSPS) is 12.9. The van der Waals surface area contributed by atoms with E-state index < -0.39 is 60.1 Å². The molecule has 0 saturated heterocycles. The van der Waals surface area contributed by atoms with Crippen molar-refractivity contribution in [3.63, 3.8) is 0 Å². The number of rotatable bonds is 22. The van der Waals surface area contributed by atoms with Gasteiger partial charge in [0.15, 0.2) is 5.96 Å². The van der Waals surface area contributed by atoms with Gasteiger partial charge in [0.05, 0.1) is 0 Å². The Morgan fingerprint density at radius 3 is 0.900 bits per heavy atom. The van der Waals surface area contributed by atoms with E-state index in [0.717, 1.165) is 38.5 Å². The molecule has 21 nitrogen and oxygen atoms in total. The van der Waals surface area contributed by atoms with Gasteiger partial charge in [-0.2, -0.15) is 0 Å². The summed E-state index contributed by atoms with van der Waals surface area (Å²) in [5, 5.41) is 41.6. The third-order valence-corrected chi connectivity index (χ3v) is 6.15. The fourth-order valence-corrected chi connectivity index (χ4v) is 2.82. The Labute approximate surface area is 294 Å². The van der Waals surface area contributed by atoms with Gasteiger partial charge in [-0.15, -0.1) is 0 Å². The second-order valence-electron chi connectivity index (χ2n) is 11.2. The van der Waals surface area contributed by atoms with Gasteiger partial charge in [-0.3, -0.25) is 29.0 Å². The molecule has 0 aromatic rings. The number of carboxylic acids is 5. The van der Waals surface area contributed by atoms with Crippen molar-refractivity contribution in [3.8, 4) is 0 Å². The van der Waals surface area contributed by atoms with Crippen molar-refractivity contribution in [1.29, 1.82) is 0 Å². The lowest BCUT2D eigenvalue weighted by molar-refractivity contribution is -0.140. The van der Waals surface area contributed by atoms with Gasteiger partial charge in [0.25, 0.3) is 0 Å². The molecule has 0 aliphatic heterocycles. The highest BCUT2D eigenvalue weighted by molar-refractivity contribution is 5.76. The van der Waals surface area contributed by atoms with Gasteiger partial charge in [0.1, 0.15) is 30.2 Å². The van der Waals surface area contributed by atoms with Crippen LogP contribution < -0.4 is 57.3 Å². The second kappa shape index (κ2) is 38.1. The Hall–Kier alpha value is -3.70. The van der Waals surface area contributed by atoms with E-state index in [2.05, 4.69) is 4.99 Å². The molecule has 0 rings (SSSR count). The van der Waals surface area contributed by atoms with E-state index in [4.69, 9.17) is 82.9 Å². The molecule has 25 N–H and O–H groups in total. The fraction of sp³-hybridized carbons (Fsp3) is 0.793. The summed E-state index contributed by atoms with van der Waals surface area (Å²) in [7, 11) is 0. The Kier molecular flexibility index (Phi) is 42.5. The first-order valence-corrected chi connectivity index (χ1v) is 16.2. The van der Waals surface area contributed by atoms with E-state index >= 15 is 0 Å². The molecule has 21 heteroatoms. The van der Waals surface area contributed by atoms with Crippen molar-refractivity contribution in [1.82, 2.24) is 0 Å². The summed E-state index contributed by atoms with van der Waals surface area (Å²) in [6, 6.07) is -3.68. The molecular weight excluding hydrogens is 662 g/mol. The van der Waals surface area contributed by atoms with E-state index in [1.807, 2.05) is 0 Å². The van der Waals surface area contributed by atoms with E-state index in [0.29, 0.717) is 58.3 Å². The van der Waals surface area contributed by atoms with Crippen molar-refractivity contribution in [2.45, 2.75) is 115 Å². The monoisotopic (exact) mass is 730 g/mol. The summed E-state index contributed by atoms with van der Waals surface area (Å²) in [4.78, 5) is 54.3.